The molecule has 2 aromatic rings. The molecule has 0 spiro atoms. The van der Waals surface area contributed by atoms with Gasteiger partial charge in [-0.25, -0.2) is 9.98 Å². The van der Waals surface area contributed by atoms with Gasteiger partial charge in [0, 0.05) is 45.2 Å². The van der Waals surface area contributed by atoms with Crippen molar-refractivity contribution in [1.82, 2.24) is 19.8 Å². The van der Waals surface area contributed by atoms with Crippen molar-refractivity contribution in [1.29, 1.82) is 0 Å². The minimum absolute atomic E-state index is 0. The molecule has 0 radical (unpaired) electrons. The van der Waals surface area contributed by atoms with Crippen LogP contribution in [0.4, 0.5) is 0 Å². The molecule has 1 N–H and O–H groups in total. The molecule has 4 rings (SSSR count). The van der Waals surface area contributed by atoms with Crippen LogP contribution in [-0.2, 0) is 29.0 Å². The molecular weight excluding hydrogens is 517 g/mol. The van der Waals surface area contributed by atoms with Gasteiger partial charge in [0.05, 0.1) is 12.7 Å². The van der Waals surface area contributed by atoms with E-state index in [-0.39, 0.29) is 36.2 Å². The number of aromatic nitrogens is 2. The summed E-state index contributed by atoms with van der Waals surface area (Å²) in [5.74, 6) is 1.94. The summed E-state index contributed by atoms with van der Waals surface area (Å²) in [7, 11) is 0. The number of aliphatic imine (C=N–C) groups is 1. The molecule has 176 valence electrons. The number of imidazole rings is 1. The number of benzene rings is 1. The lowest BCUT2D eigenvalue weighted by Gasteiger charge is -2.37. The van der Waals surface area contributed by atoms with Gasteiger partial charge in [-0.3, -0.25) is 0 Å². The van der Waals surface area contributed by atoms with E-state index in [0.717, 1.165) is 70.3 Å². The molecule has 0 bridgehead atoms. The van der Waals surface area contributed by atoms with E-state index < -0.39 is 0 Å². The summed E-state index contributed by atoms with van der Waals surface area (Å²) in [5, 5.41) is 3.45. The third-order valence-corrected chi connectivity index (χ3v) is 5.99. The largest absolute Gasteiger partial charge is 0.375 e. The van der Waals surface area contributed by atoms with Crippen molar-refractivity contribution in [2.75, 3.05) is 32.8 Å². The number of hydrogen-bond donors (Lipinski definition) is 1. The molecule has 2 unspecified atom stereocenters. The van der Waals surface area contributed by atoms with Crippen molar-refractivity contribution in [3.63, 3.8) is 0 Å². The summed E-state index contributed by atoms with van der Waals surface area (Å²) in [6, 6.07) is 10.6. The lowest BCUT2D eigenvalue weighted by atomic mass is 10.1. The van der Waals surface area contributed by atoms with Crippen molar-refractivity contribution >= 4 is 29.9 Å². The number of nitrogens with zero attached hydrogens (tertiary/aromatic N) is 4. The van der Waals surface area contributed by atoms with E-state index >= 15 is 0 Å². The van der Waals surface area contributed by atoms with Gasteiger partial charge in [-0.15, -0.1) is 24.0 Å². The zero-order valence-corrected chi connectivity index (χ0v) is 21.3. The van der Waals surface area contributed by atoms with Gasteiger partial charge in [-0.1, -0.05) is 30.3 Å². The Morgan fingerprint density at radius 3 is 2.81 bits per heavy atom. The van der Waals surface area contributed by atoms with Gasteiger partial charge in [-0.05, 0) is 38.2 Å². The fourth-order valence-corrected chi connectivity index (χ4v) is 4.35. The molecule has 1 aromatic carbocycles. The Kier molecular flexibility index (Phi) is 10.3. The SMILES string of the molecule is CCNC(=NCc1nccn1CCCc1ccccc1)N1CCOC(C2CCCO2)C1.I. The van der Waals surface area contributed by atoms with Gasteiger partial charge in [-0.2, -0.15) is 0 Å². The Balaban J connectivity index is 0.00000289. The van der Waals surface area contributed by atoms with E-state index in [1.165, 1.54) is 5.56 Å². The number of nitrogens with one attached hydrogen (secondary N) is 1. The number of rotatable bonds is 8. The fourth-order valence-electron chi connectivity index (χ4n) is 4.35. The van der Waals surface area contributed by atoms with Crippen LogP contribution in [0, 0.1) is 0 Å². The maximum atomic E-state index is 6.00. The first-order valence-corrected chi connectivity index (χ1v) is 11.6. The number of ether oxygens (including phenoxy) is 2. The minimum Gasteiger partial charge on any atom is -0.375 e. The molecule has 2 fully saturated rings. The second-order valence-electron chi connectivity index (χ2n) is 8.20. The van der Waals surface area contributed by atoms with Crippen LogP contribution in [-0.4, -0.2) is 65.5 Å². The first-order chi connectivity index (χ1) is 15.3. The smallest absolute Gasteiger partial charge is 0.194 e. The number of guanidine groups is 1. The molecule has 7 nitrogen and oxygen atoms in total. The highest BCUT2D eigenvalue weighted by atomic mass is 127. The van der Waals surface area contributed by atoms with Crippen molar-refractivity contribution in [2.24, 2.45) is 4.99 Å². The first-order valence-electron chi connectivity index (χ1n) is 11.6. The molecule has 3 heterocycles. The van der Waals surface area contributed by atoms with E-state index in [9.17, 15) is 0 Å². The topological polar surface area (TPSA) is 63.9 Å². The van der Waals surface area contributed by atoms with Crippen LogP contribution in [0.2, 0.25) is 0 Å². The van der Waals surface area contributed by atoms with E-state index in [1.54, 1.807) is 0 Å². The van der Waals surface area contributed by atoms with Crippen molar-refractivity contribution < 1.29 is 9.47 Å². The van der Waals surface area contributed by atoms with E-state index in [1.807, 2.05) is 6.20 Å². The molecule has 2 aliphatic rings. The van der Waals surface area contributed by atoms with Crippen LogP contribution in [0.25, 0.3) is 0 Å². The molecule has 8 heteroatoms. The number of aryl methyl sites for hydroxylation is 2. The Morgan fingerprint density at radius 2 is 2.03 bits per heavy atom. The zero-order valence-electron chi connectivity index (χ0n) is 19.0. The number of hydrogen-bond acceptors (Lipinski definition) is 4. The summed E-state index contributed by atoms with van der Waals surface area (Å²) in [5.41, 5.74) is 1.38. The summed E-state index contributed by atoms with van der Waals surface area (Å²) >= 11 is 0. The first kappa shape index (κ1) is 25.0. The third kappa shape index (κ3) is 6.92. The molecule has 1 aromatic heterocycles. The van der Waals surface area contributed by atoms with Crippen LogP contribution < -0.4 is 5.32 Å². The van der Waals surface area contributed by atoms with E-state index in [0.29, 0.717) is 13.2 Å². The van der Waals surface area contributed by atoms with Crippen molar-refractivity contribution in [2.45, 2.75) is 57.9 Å². The summed E-state index contributed by atoms with van der Waals surface area (Å²) in [4.78, 5) is 11.8. The van der Waals surface area contributed by atoms with Gasteiger partial charge in [0.1, 0.15) is 18.5 Å². The lowest BCUT2D eigenvalue weighted by molar-refractivity contribution is -0.0817. The van der Waals surface area contributed by atoms with Crippen LogP contribution in [0.5, 0.6) is 0 Å². The zero-order chi connectivity index (χ0) is 21.3. The Bertz CT molecular complexity index is 823. The maximum absolute atomic E-state index is 6.00. The van der Waals surface area contributed by atoms with Gasteiger partial charge in [0.15, 0.2) is 5.96 Å². The number of morpholine rings is 1. The van der Waals surface area contributed by atoms with Crippen LogP contribution in [0.3, 0.4) is 0 Å². The van der Waals surface area contributed by atoms with Crippen LogP contribution >= 0.6 is 24.0 Å². The summed E-state index contributed by atoms with van der Waals surface area (Å²) in [6.07, 6.45) is 8.66. The Hall–Kier alpha value is -1.65. The Labute approximate surface area is 208 Å². The normalized spacial score (nSPS) is 21.4. The molecule has 2 aliphatic heterocycles. The molecule has 32 heavy (non-hydrogen) atoms. The highest BCUT2D eigenvalue weighted by Crippen LogP contribution is 2.21. The second kappa shape index (κ2) is 13.2. The highest BCUT2D eigenvalue weighted by Gasteiger charge is 2.32. The highest BCUT2D eigenvalue weighted by molar-refractivity contribution is 14.0. The predicted octanol–water partition coefficient (Wildman–Crippen LogP) is 3.48. The fraction of sp³-hybridized carbons (Fsp3) is 0.583. The molecule has 0 amide bonds. The standard InChI is InChI=1S/C24H35N5O2.HI/c1-2-25-24(29-15-17-31-22(19-29)21-11-7-16-30-21)27-18-23-26-12-14-28(23)13-6-10-20-8-4-3-5-9-20;/h3-5,8-9,12,14,21-22H,2,6-7,10-11,13,15-19H2,1H3,(H,25,27);1H. The van der Waals surface area contributed by atoms with Gasteiger partial charge >= 0.3 is 0 Å². The molecule has 0 aliphatic carbocycles. The monoisotopic (exact) mass is 553 g/mol. The average molecular weight is 553 g/mol. The minimum atomic E-state index is 0. The molecular formula is C24H36IN5O2. The number of halogens is 1. The van der Waals surface area contributed by atoms with Crippen LogP contribution in [0.1, 0.15) is 37.6 Å². The van der Waals surface area contributed by atoms with Gasteiger partial charge in [0.25, 0.3) is 0 Å². The molecule has 2 saturated heterocycles. The summed E-state index contributed by atoms with van der Waals surface area (Å²) < 4.78 is 14.1. The second-order valence-corrected chi connectivity index (χ2v) is 8.20. The van der Waals surface area contributed by atoms with E-state index in [2.05, 4.69) is 63.2 Å². The predicted molar refractivity (Wildman–Crippen MR) is 138 cm³/mol. The van der Waals surface area contributed by atoms with Crippen molar-refractivity contribution in [3.8, 4) is 0 Å². The van der Waals surface area contributed by atoms with Gasteiger partial charge < -0.3 is 24.3 Å². The van der Waals surface area contributed by atoms with Crippen molar-refractivity contribution in [3.05, 3.63) is 54.1 Å². The molecule has 0 saturated carbocycles. The van der Waals surface area contributed by atoms with Gasteiger partial charge in [0.2, 0.25) is 0 Å². The molecule has 2 atom stereocenters. The van der Waals surface area contributed by atoms with E-state index in [4.69, 9.17) is 14.5 Å². The lowest BCUT2D eigenvalue weighted by Crippen LogP contribution is -2.53. The quantitative estimate of drug-likeness (QED) is 0.308. The Morgan fingerprint density at radius 1 is 1.19 bits per heavy atom. The third-order valence-electron chi connectivity index (χ3n) is 5.99. The average Bonchev–Trinajstić information content (AvgIpc) is 3.50. The summed E-state index contributed by atoms with van der Waals surface area (Å²) in [6.45, 7) is 7.71. The maximum Gasteiger partial charge on any atom is 0.194 e. The van der Waals surface area contributed by atoms with Crippen LogP contribution in [0.15, 0.2) is 47.7 Å².